The molecule has 0 unspecified atom stereocenters. The second-order valence-corrected chi connectivity index (χ2v) is 4.75. The summed E-state index contributed by atoms with van der Waals surface area (Å²) in [5.74, 6) is 0.0880. The summed E-state index contributed by atoms with van der Waals surface area (Å²) in [5.41, 5.74) is -1.62. The number of imidazole rings is 1. The molecule has 0 saturated carbocycles. The number of aliphatic hydroxyl groups is 1. The van der Waals surface area contributed by atoms with Crippen LogP contribution >= 0.6 is 0 Å². The van der Waals surface area contributed by atoms with Gasteiger partial charge < -0.3 is 10.1 Å². The molecule has 2 aromatic rings. The van der Waals surface area contributed by atoms with E-state index < -0.39 is 17.3 Å². The fraction of sp³-hybridized carbons (Fsp3) is 0.308. The Bertz CT molecular complexity index is 582. The number of H-pyrrole nitrogens is 1. The Morgan fingerprint density at radius 2 is 1.79 bits per heavy atom. The van der Waals surface area contributed by atoms with E-state index in [-0.39, 0.29) is 11.4 Å². The zero-order chi connectivity index (χ0) is 14.3. The van der Waals surface area contributed by atoms with Gasteiger partial charge in [0.1, 0.15) is 11.4 Å². The van der Waals surface area contributed by atoms with E-state index in [4.69, 9.17) is 0 Å². The lowest BCUT2D eigenvalue weighted by Gasteiger charge is -2.14. The summed E-state index contributed by atoms with van der Waals surface area (Å²) in [5, 5.41) is 9.78. The molecule has 0 fully saturated rings. The lowest BCUT2D eigenvalue weighted by molar-refractivity contribution is -0.137. The van der Waals surface area contributed by atoms with E-state index in [0.29, 0.717) is 5.69 Å². The number of nitrogens with one attached hydrogen (secondary N) is 1. The van der Waals surface area contributed by atoms with Crippen LogP contribution in [0.1, 0.15) is 25.1 Å². The molecule has 6 heteroatoms. The van der Waals surface area contributed by atoms with E-state index in [9.17, 15) is 18.3 Å². The molecule has 0 radical (unpaired) electrons. The van der Waals surface area contributed by atoms with Crippen LogP contribution in [0.2, 0.25) is 0 Å². The van der Waals surface area contributed by atoms with Crippen LogP contribution in [-0.4, -0.2) is 15.1 Å². The van der Waals surface area contributed by atoms with Gasteiger partial charge >= 0.3 is 6.18 Å². The summed E-state index contributed by atoms with van der Waals surface area (Å²) in [6, 6.07) is 5.18. The maximum absolute atomic E-state index is 12.9. The number of rotatable bonds is 2. The van der Waals surface area contributed by atoms with Crippen molar-refractivity contribution in [3.05, 3.63) is 41.7 Å². The van der Waals surface area contributed by atoms with Crippen LogP contribution in [0.5, 0.6) is 0 Å². The van der Waals surface area contributed by atoms with Crippen LogP contribution in [0.15, 0.2) is 30.5 Å². The monoisotopic (exact) mass is 270 g/mol. The maximum Gasteiger partial charge on any atom is 0.417 e. The largest absolute Gasteiger partial charge is 0.417 e. The average molecular weight is 270 g/mol. The van der Waals surface area contributed by atoms with Crippen molar-refractivity contribution in [1.29, 1.82) is 0 Å². The van der Waals surface area contributed by atoms with Gasteiger partial charge in [0, 0.05) is 5.56 Å². The fourth-order valence-corrected chi connectivity index (χ4v) is 1.71. The standard InChI is InChI=1S/C13H13F3N2O/c1-12(2,19)10-7-17-11(18-10)8-5-3-4-6-9(8)13(14,15)16/h3-7,19H,1-2H3,(H,17,18). The molecule has 1 heterocycles. The van der Waals surface area contributed by atoms with Crippen molar-refractivity contribution in [2.24, 2.45) is 0 Å². The van der Waals surface area contributed by atoms with E-state index in [2.05, 4.69) is 9.97 Å². The average Bonchev–Trinajstić information content (AvgIpc) is 2.76. The van der Waals surface area contributed by atoms with Gasteiger partial charge in [-0.3, -0.25) is 0 Å². The highest BCUT2D eigenvalue weighted by molar-refractivity contribution is 5.61. The predicted molar refractivity (Wildman–Crippen MR) is 64.3 cm³/mol. The number of hydrogen-bond acceptors (Lipinski definition) is 2. The van der Waals surface area contributed by atoms with Gasteiger partial charge in [-0.2, -0.15) is 13.2 Å². The SMILES string of the molecule is CC(C)(O)c1cnc(-c2ccccc2C(F)(F)F)[nH]1. The fourth-order valence-electron chi connectivity index (χ4n) is 1.71. The maximum atomic E-state index is 12.9. The normalized spacial score (nSPS) is 12.7. The highest BCUT2D eigenvalue weighted by Gasteiger charge is 2.34. The highest BCUT2D eigenvalue weighted by Crippen LogP contribution is 2.36. The first-order valence-corrected chi connectivity index (χ1v) is 5.64. The highest BCUT2D eigenvalue weighted by atomic mass is 19.4. The Hall–Kier alpha value is -1.82. The second-order valence-electron chi connectivity index (χ2n) is 4.75. The summed E-state index contributed by atoms with van der Waals surface area (Å²) < 4.78 is 38.7. The third kappa shape index (κ3) is 2.78. The summed E-state index contributed by atoms with van der Waals surface area (Å²) in [6.45, 7) is 3.06. The Morgan fingerprint density at radius 1 is 1.16 bits per heavy atom. The molecule has 1 aromatic heterocycles. The van der Waals surface area contributed by atoms with Crippen molar-refractivity contribution in [3.63, 3.8) is 0 Å². The third-order valence-electron chi connectivity index (χ3n) is 2.72. The van der Waals surface area contributed by atoms with Gasteiger partial charge in [-0.25, -0.2) is 4.98 Å². The number of hydrogen-bond donors (Lipinski definition) is 2. The molecule has 2 rings (SSSR count). The second kappa shape index (κ2) is 4.38. The van der Waals surface area contributed by atoms with Crippen LogP contribution < -0.4 is 0 Å². The Labute approximate surface area is 108 Å². The van der Waals surface area contributed by atoms with Crippen molar-refractivity contribution >= 4 is 0 Å². The van der Waals surface area contributed by atoms with Gasteiger partial charge in [0.25, 0.3) is 0 Å². The molecule has 19 heavy (non-hydrogen) atoms. The summed E-state index contributed by atoms with van der Waals surface area (Å²) >= 11 is 0. The number of aromatic nitrogens is 2. The van der Waals surface area contributed by atoms with Crippen molar-refractivity contribution in [3.8, 4) is 11.4 Å². The Morgan fingerprint density at radius 3 is 2.32 bits per heavy atom. The van der Waals surface area contributed by atoms with Gasteiger partial charge in [-0.1, -0.05) is 18.2 Å². The minimum atomic E-state index is -4.45. The number of benzene rings is 1. The molecule has 0 amide bonds. The first-order valence-electron chi connectivity index (χ1n) is 5.64. The van der Waals surface area contributed by atoms with Crippen LogP contribution in [0.4, 0.5) is 13.2 Å². The molecule has 0 aliphatic carbocycles. The topological polar surface area (TPSA) is 48.9 Å². The third-order valence-corrected chi connectivity index (χ3v) is 2.72. The first kappa shape index (κ1) is 13.6. The molecule has 0 aliphatic rings. The summed E-state index contributed by atoms with van der Waals surface area (Å²) in [7, 11) is 0. The molecule has 0 spiro atoms. The Balaban J connectivity index is 2.52. The quantitative estimate of drug-likeness (QED) is 0.879. The Kier molecular flexibility index (Phi) is 3.14. The number of aromatic amines is 1. The number of alkyl halides is 3. The van der Waals surface area contributed by atoms with Crippen LogP contribution in [-0.2, 0) is 11.8 Å². The molecule has 0 bridgehead atoms. The van der Waals surface area contributed by atoms with E-state index in [1.807, 2.05) is 0 Å². The smallest absolute Gasteiger partial charge is 0.384 e. The molecular formula is C13H13F3N2O. The molecular weight excluding hydrogens is 257 g/mol. The van der Waals surface area contributed by atoms with E-state index >= 15 is 0 Å². The van der Waals surface area contributed by atoms with Gasteiger partial charge in [-0.05, 0) is 19.9 Å². The predicted octanol–water partition coefficient (Wildman–Crippen LogP) is 3.32. The molecule has 2 N–H and O–H groups in total. The van der Waals surface area contributed by atoms with Gasteiger partial charge in [-0.15, -0.1) is 0 Å². The zero-order valence-corrected chi connectivity index (χ0v) is 10.4. The van der Waals surface area contributed by atoms with Crippen molar-refractivity contribution in [1.82, 2.24) is 9.97 Å². The van der Waals surface area contributed by atoms with Crippen LogP contribution in [0.3, 0.4) is 0 Å². The van der Waals surface area contributed by atoms with Gasteiger partial charge in [0.05, 0.1) is 17.5 Å². The van der Waals surface area contributed by atoms with Crippen molar-refractivity contribution < 1.29 is 18.3 Å². The molecule has 0 atom stereocenters. The van der Waals surface area contributed by atoms with Gasteiger partial charge in [0.15, 0.2) is 0 Å². The number of halogens is 3. The van der Waals surface area contributed by atoms with E-state index in [1.165, 1.54) is 38.2 Å². The van der Waals surface area contributed by atoms with E-state index in [0.717, 1.165) is 6.07 Å². The minimum absolute atomic E-state index is 0.0366. The minimum Gasteiger partial charge on any atom is -0.384 e. The number of nitrogens with zero attached hydrogens (tertiary/aromatic N) is 1. The lowest BCUT2D eigenvalue weighted by atomic mass is 10.1. The summed E-state index contributed by atoms with van der Waals surface area (Å²) in [4.78, 5) is 6.63. The molecule has 102 valence electrons. The summed E-state index contributed by atoms with van der Waals surface area (Å²) in [6.07, 6.45) is -3.11. The van der Waals surface area contributed by atoms with Crippen LogP contribution in [0, 0.1) is 0 Å². The zero-order valence-electron chi connectivity index (χ0n) is 10.4. The molecule has 0 saturated heterocycles. The molecule has 3 nitrogen and oxygen atoms in total. The van der Waals surface area contributed by atoms with E-state index in [1.54, 1.807) is 0 Å². The first-order chi connectivity index (χ1) is 8.69. The molecule has 1 aromatic carbocycles. The van der Waals surface area contributed by atoms with Crippen molar-refractivity contribution in [2.45, 2.75) is 25.6 Å². The van der Waals surface area contributed by atoms with Gasteiger partial charge in [0.2, 0.25) is 0 Å². The lowest BCUT2D eigenvalue weighted by Crippen LogP contribution is -2.15. The van der Waals surface area contributed by atoms with Crippen molar-refractivity contribution in [2.75, 3.05) is 0 Å². The van der Waals surface area contributed by atoms with Crippen LogP contribution in [0.25, 0.3) is 11.4 Å². The molecule has 0 aliphatic heterocycles.